The SMILES string of the molecule is [2H]C([2H])([2H])N1c2cccnc2N(c2c(C)ccc3c2Cc2nccn2-3)[C@H]1C. The van der Waals surface area contributed by atoms with E-state index in [-0.39, 0.29) is 6.17 Å². The van der Waals surface area contributed by atoms with Crippen molar-refractivity contribution in [1.82, 2.24) is 14.5 Å². The van der Waals surface area contributed by atoms with E-state index < -0.39 is 6.98 Å². The van der Waals surface area contributed by atoms with Gasteiger partial charge in [-0.15, -0.1) is 0 Å². The number of imidazole rings is 1. The monoisotopic (exact) mass is 320 g/mol. The number of hydrogen-bond acceptors (Lipinski definition) is 4. The van der Waals surface area contributed by atoms with E-state index in [1.54, 1.807) is 12.3 Å². The molecular weight excluding hydrogens is 298 g/mol. The van der Waals surface area contributed by atoms with Gasteiger partial charge in [0.25, 0.3) is 0 Å². The number of benzene rings is 1. The Kier molecular flexibility index (Phi) is 2.08. The fraction of sp³-hybridized carbons (Fsp3) is 0.263. The second kappa shape index (κ2) is 4.60. The van der Waals surface area contributed by atoms with Gasteiger partial charge in [-0.05, 0) is 37.6 Å². The molecule has 120 valence electrons. The summed E-state index contributed by atoms with van der Waals surface area (Å²) in [5.41, 5.74) is 5.01. The highest BCUT2D eigenvalue weighted by atomic mass is 15.4. The van der Waals surface area contributed by atoms with Crippen molar-refractivity contribution in [3.05, 3.63) is 59.8 Å². The molecule has 0 fully saturated rings. The van der Waals surface area contributed by atoms with E-state index in [0.717, 1.165) is 34.7 Å². The Balaban J connectivity index is 1.73. The van der Waals surface area contributed by atoms with Crippen molar-refractivity contribution >= 4 is 17.2 Å². The molecule has 0 saturated heterocycles. The molecule has 3 aromatic rings. The summed E-state index contributed by atoms with van der Waals surface area (Å²) in [6.45, 7) is 1.73. The molecule has 0 unspecified atom stereocenters. The normalized spacial score (nSPS) is 20.2. The van der Waals surface area contributed by atoms with Crippen LogP contribution < -0.4 is 9.80 Å². The Bertz CT molecular complexity index is 1060. The van der Waals surface area contributed by atoms with E-state index in [2.05, 4.69) is 38.5 Å². The minimum atomic E-state index is -2.25. The van der Waals surface area contributed by atoms with Crippen molar-refractivity contribution < 1.29 is 4.11 Å². The summed E-state index contributed by atoms with van der Waals surface area (Å²) in [5, 5.41) is 0. The van der Waals surface area contributed by atoms with Crippen LogP contribution in [0.3, 0.4) is 0 Å². The molecule has 0 amide bonds. The maximum absolute atomic E-state index is 8.02. The maximum Gasteiger partial charge on any atom is 0.158 e. The third-order valence-electron chi connectivity index (χ3n) is 5.01. The largest absolute Gasteiger partial charge is 0.351 e. The van der Waals surface area contributed by atoms with Crippen molar-refractivity contribution in [2.75, 3.05) is 16.8 Å². The average molecular weight is 320 g/mol. The minimum absolute atomic E-state index is 0.375. The van der Waals surface area contributed by atoms with Gasteiger partial charge in [-0.25, -0.2) is 9.97 Å². The first-order chi connectivity index (χ1) is 12.9. The highest BCUT2D eigenvalue weighted by Crippen LogP contribution is 2.46. The van der Waals surface area contributed by atoms with Gasteiger partial charge in [-0.3, -0.25) is 0 Å². The van der Waals surface area contributed by atoms with Gasteiger partial charge in [0.2, 0.25) is 0 Å². The number of pyridine rings is 1. The Hall–Kier alpha value is -2.82. The molecule has 24 heavy (non-hydrogen) atoms. The number of hydrogen-bond donors (Lipinski definition) is 0. The zero-order valence-corrected chi connectivity index (χ0v) is 13.6. The van der Waals surface area contributed by atoms with Crippen molar-refractivity contribution in [2.45, 2.75) is 26.4 Å². The lowest BCUT2D eigenvalue weighted by Gasteiger charge is -2.30. The van der Waals surface area contributed by atoms with Crippen LogP contribution in [0.25, 0.3) is 5.69 Å². The van der Waals surface area contributed by atoms with E-state index in [0.29, 0.717) is 11.5 Å². The topological polar surface area (TPSA) is 37.2 Å². The van der Waals surface area contributed by atoms with Gasteiger partial charge < -0.3 is 14.4 Å². The molecule has 1 atom stereocenters. The predicted octanol–water partition coefficient (Wildman–Crippen LogP) is 3.41. The molecule has 0 spiro atoms. The summed E-state index contributed by atoms with van der Waals surface area (Å²) in [6.07, 6.45) is 5.84. The van der Waals surface area contributed by atoms with Crippen LogP contribution in [0.2, 0.25) is 0 Å². The molecule has 0 radical (unpaired) electrons. The van der Waals surface area contributed by atoms with E-state index >= 15 is 0 Å². The van der Waals surface area contributed by atoms with Gasteiger partial charge >= 0.3 is 0 Å². The van der Waals surface area contributed by atoms with E-state index in [4.69, 9.17) is 4.11 Å². The minimum Gasteiger partial charge on any atom is -0.351 e. The first kappa shape index (κ1) is 10.9. The Morgan fingerprint density at radius 2 is 2.08 bits per heavy atom. The average Bonchev–Trinajstić information content (AvgIpc) is 3.25. The van der Waals surface area contributed by atoms with Crippen molar-refractivity contribution in [2.24, 2.45) is 0 Å². The second-order valence-corrected chi connectivity index (χ2v) is 6.34. The molecule has 2 aliphatic rings. The summed E-state index contributed by atoms with van der Waals surface area (Å²) < 4.78 is 26.2. The van der Waals surface area contributed by atoms with Gasteiger partial charge in [0.05, 0.1) is 17.1 Å². The van der Waals surface area contributed by atoms with E-state index in [1.807, 2.05) is 25.4 Å². The molecule has 0 N–H and O–H groups in total. The molecule has 0 bridgehead atoms. The molecule has 5 heteroatoms. The lowest BCUT2D eigenvalue weighted by atomic mass is 10.0. The summed E-state index contributed by atoms with van der Waals surface area (Å²) in [5.74, 6) is 1.68. The quantitative estimate of drug-likeness (QED) is 0.538. The third kappa shape index (κ3) is 1.59. The molecule has 5 nitrogen and oxygen atoms in total. The van der Waals surface area contributed by atoms with Crippen LogP contribution in [0.4, 0.5) is 17.2 Å². The predicted molar refractivity (Wildman–Crippen MR) is 95.3 cm³/mol. The van der Waals surface area contributed by atoms with Crippen LogP contribution in [-0.2, 0) is 6.42 Å². The van der Waals surface area contributed by atoms with Crippen molar-refractivity contribution in [1.29, 1.82) is 0 Å². The Morgan fingerprint density at radius 1 is 1.17 bits per heavy atom. The van der Waals surface area contributed by atoms with Crippen LogP contribution in [0.15, 0.2) is 42.9 Å². The number of aromatic nitrogens is 3. The number of rotatable bonds is 1. The van der Waals surface area contributed by atoms with Crippen LogP contribution >= 0.6 is 0 Å². The first-order valence-electron chi connectivity index (χ1n) is 9.56. The van der Waals surface area contributed by atoms with Crippen LogP contribution in [-0.4, -0.2) is 27.7 Å². The second-order valence-electron chi connectivity index (χ2n) is 6.34. The van der Waals surface area contributed by atoms with Crippen LogP contribution in [0, 0.1) is 6.92 Å². The number of aryl methyl sites for hydroxylation is 1. The molecule has 5 rings (SSSR count). The standard InChI is InChI=1S/C19H19N5/c1-12-6-7-15-14(11-17-20-9-10-23(15)17)18(12)24-13(2)22(3)16-5-4-8-21-19(16)24/h4-10,13H,11H2,1-3H3/t13-/m0/s1/i3D3. The summed E-state index contributed by atoms with van der Waals surface area (Å²) >= 11 is 0. The number of anilines is 3. The highest BCUT2D eigenvalue weighted by molar-refractivity contribution is 5.84. The van der Waals surface area contributed by atoms with Crippen molar-refractivity contribution in [3.8, 4) is 5.69 Å². The molecular formula is C19H19N5. The zero-order valence-electron chi connectivity index (χ0n) is 16.6. The fourth-order valence-corrected chi connectivity index (χ4v) is 3.87. The molecule has 4 heterocycles. The van der Waals surface area contributed by atoms with E-state index in [1.165, 1.54) is 4.90 Å². The van der Waals surface area contributed by atoms with Crippen LogP contribution in [0.5, 0.6) is 0 Å². The number of fused-ring (bicyclic) bond motifs is 4. The molecule has 0 aliphatic carbocycles. The first-order valence-corrected chi connectivity index (χ1v) is 8.06. The molecule has 2 aromatic heterocycles. The van der Waals surface area contributed by atoms with Gasteiger partial charge in [0.15, 0.2) is 5.82 Å². The summed E-state index contributed by atoms with van der Waals surface area (Å²) in [6, 6.07) is 7.80. The Morgan fingerprint density at radius 3 is 2.96 bits per heavy atom. The van der Waals surface area contributed by atoms with Gasteiger partial charge in [-0.2, -0.15) is 0 Å². The third-order valence-corrected chi connectivity index (χ3v) is 5.01. The van der Waals surface area contributed by atoms with Crippen molar-refractivity contribution in [3.63, 3.8) is 0 Å². The van der Waals surface area contributed by atoms with Gasteiger partial charge in [0, 0.05) is 41.7 Å². The lowest BCUT2D eigenvalue weighted by molar-refractivity contribution is 0.727. The fourth-order valence-electron chi connectivity index (χ4n) is 3.87. The number of nitrogens with zero attached hydrogens (tertiary/aromatic N) is 5. The molecule has 2 aliphatic heterocycles. The Labute approximate surface area is 145 Å². The molecule has 0 saturated carbocycles. The van der Waals surface area contributed by atoms with Gasteiger partial charge in [-0.1, -0.05) is 6.07 Å². The summed E-state index contributed by atoms with van der Waals surface area (Å²) in [4.78, 5) is 12.5. The summed E-state index contributed by atoms with van der Waals surface area (Å²) in [7, 11) is 0. The van der Waals surface area contributed by atoms with Gasteiger partial charge in [0.1, 0.15) is 12.0 Å². The highest BCUT2D eigenvalue weighted by Gasteiger charge is 2.36. The maximum atomic E-state index is 8.02. The molecule has 1 aromatic carbocycles. The van der Waals surface area contributed by atoms with Crippen LogP contribution in [0.1, 0.15) is 28.0 Å². The lowest BCUT2D eigenvalue weighted by Crippen LogP contribution is -2.36. The smallest absolute Gasteiger partial charge is 0.158 e. The zero-order chi connectivity index (χ0) is 18.9. The van der Waals surface area contributed by atoms with E-state index in [9.17, 15) is 0 Å².